The normalized spacial score (nSPS) is 15.6. The summed E-state index contributed by atoms with van der Waals surface area (Å²) in [4.78, 5) is 4.94. The second-order valence-electron chi connectivity index (χ2n) is 7.53. The van der Waals surface area contributed by atoms with Crippen LogP contribution in [0.15, 0.2) is 78.9 Å². The van der Waals surface area contributed by atoms with Crippen LogP contribution in [0.3, 0.4) is 0 Å². The summed E-state index contributed by atoms with van der Waals surface area (Å²) in [7, 11) is 0. The van der Waals surface area contributed by atoms with Crippen LogP contribution in [0, 0.1) is 0 Å². The van der Waals surface area contributed by atoms with Gasteiger partial charge in [0.1, 0.15) is 0 Å². The molecule has 3 nitrogen and oxygen atoms in total. The predicted molar refractivity (Wildman–Crippen MR) is 117 cm³/mol. The zero-order valence-corrected chi connectivity index (χ0v) is 17.3. The SMILES string of the molecule is C[C@H](N[C@H](C)c1cccc([C@@H](C)N[C@H](C)c2ccccc2)n1)c1ccccc1. The maximum absolute atomic E-state index is 4.94. The number of aromatic nitrogens is 1. The molecule has 2 aromatic carbocycles. The molecule has 0 amide bonds. The van der Waals surface area contributed by atoms with Crippen LogP contribution >= 0.6 is 0 Å². The Balaban J connectivity index is 1.65. The molecule has 0 saturated heterocycles. The molecular formula is C25H31N3. The third kappa shape index (κ3) is 5.28. The van der Waals surface area contributed by atoms with Crippen LogP contribution in [0.5, 0.6) is 0 Å². The number of benzene rings is 2. The molecule has 0 bridgehead atoms. The number of nitrogens with zero attached hydrogens (tertiary/aromatic N) is 1. The van der Waals surface area contributed by atoms with Gasteiger partial charge in [0.25, 0.3) is 0 Å². The second-order valence-corrected chi connectivity index (χ2v) is 7.53. The molecule has 0 aliphatic rings. The molecule has 146 valence electrons. The third-order valence-corrected chi connectivity index (χ3v) is 5.28. The highest BCUT2D eigenvalue weighted by atomic mass is 15.0. The van der Waals surface area contributed by atoms with Crippen LogP contribution in [-0.2, 0) is 0 Å². The molecule has 0 spiro atoms. The lowest BCUT2D eigenvalue weighted by Crippen LogP contribution is -2.25. The van der Waals surface area contributed by atoms with E-state index in [1.165, 1.54) is 11.1 Å². The Morgan fingerprint density at radius 2 is 0.893 bits per heavy atom. The lowest BCUT2D eigenvalue weighted by molar-refractivity contribution is 0.469. The minimum Gasteiger partial charge on any atom is -0.302 e. The van der Waals surface area contributed by atoms with Crippen molar-refractivity contribution in [2.75, 3.05) is 0 Å². The fourth-order valence-electron chi connectivity index (χ4n) is 3.55. The Bertz CT molecular complexity index is 779. The smallest absolute Gasteiger partial charge is 0.0574 e. The minimum atomic E-state index is 0.175. The average Bonchev–Trinajstić information content (AvgIpc) is 2.75. The van der Waals surface area contributed by atoms with Crippen LogP contribution in [-0.4, -0.2) is 4.98 Å². The van der Waals surface area contributed by atoms with Crippen molar-refractivity contribution in [2.24, 2.45) is 0 Å². The summed E-state index contributed by atoms with van der Waals surface area (Å²) in [6, 6.07) is 28.3. The molecule has 0 radical (unpaired) electrons. The molecule has 0 saturated carbocycles. The molecule has 3 aromatic rings. The van der Waals surface area contributed by atoms with E-state index in [-0.39, 0.29) is 24.2 Å². The Kier molecular flexibility index (Phi) is 6.96. The van der Waals surface area contributed by atoms with Crippen molar-refractivity contribution in [3.8, 4) is 0 Å². The van der Waals surface area contributed by atoms with Crippen molar-refractivity contribution in [3.05, 3.63) is 101 Å². The number of pyridine rings is 1. The van der Waals surface area contributed by atoms with Crippen LogP contribution in [0.1, 0.15) is 74.4 Å². The predicted octanol–water partition coefficient (Wildman–Crippen LogP) is 5.91. The fraction of sp³-hybridized carbons (Fsp3) is 0.320. The Morgan fingerprint density at radius 3 is 1.29 bits per heavy atom. The van der Waals surface area contributed by atoms with Gasteiger partial charge in [-0.3, -0.25) is 4.98 Å². The highest BCUT2D eigenvalue weighted by Crippen LogP contribution is 2.21. The van der Waals surface area contributed by atoms with Gasteiger partial charge in [-0.25, -0.2) is 0 Å². The summed E-state index contributed by atoms with van der Waals surface area (Å²) in [5, 5.41) is 7.32. The second kappa shape index (κ2) is 9.63. The van der Waals surface area contributed by atoms with Crippen molar-refractivity contribution in [1.82, 2.24) is 15.6 Å². The van der Waals surface area contributed by atoms with Crippen LogP contribution < -0.4 is 10.6 Å². The molecule has 2 N–H and O–H groups in total. The average molecular weight is 374 g/mol. The lowest BCUT2D eigenvalue weighted by atomic mass is 10.1. The Hall–Kier alpha value is -2.49. The highest BCUT2D eigenvalue weighted by Gasteiger charge is 2.16. The summed E-state index contributed by atoms with van der Waals surface area (Å²) in [5.41, 5.74) is 4.72. The molecule has 1 heterocycles. The Morgan fingerprint density at radius 1 is 0.500 bits per heavy atom. The number of hydrogen-bond acceptors (Lipinski definition) is 3. The molecule has 3 rings (SSSR count). The summed E-state index contributed by atoms with van der Waals surface area (Å²) in [6.07, 6.45) is 0. The monoisotopic (exact) mass is 373 g/mol. The summed E-state index contributed by atoms with van der Waals surface area (Å²) < 4.78 is 0. The van der Waals surface area contributed by atoms with E-state index in [2.05, 4.69) is 117 Å². The van der Waals surface area contributed by atoms with E-state index < -0.39 is 0 Å². The maximum Gasteiger partial charge on any atom is 0.0574 e. The molecule has 0 aliphatic heterocycles. The van der Waals surface area contributed by atoms with Crippen molar-refractivity contribution in [3.63, 3.8) is 0 Å². The van der Waals surface area contributed by atoms with E-state index in [0.29, 0.717) is 0 Å². The van der Waals surface area contributed by atoms with Crippen molar-refractivity contribution < 1.29 is 0 Å². The molecule has 1 aromatic heterocycles. The van der Waals surface area contributed by atoms with Crippen molar-refractivity contribution in [1.29, 1.82) is 0 Å². The Labute approximate surface area is 169 Å². The summed E-state index contributed by atoms with van der Waals surface area (Å²) in [6.45, 7) is 8.75. The molecule has 0 unspecified atom stereocenters. The first-order valence-electron chi connectivity index (χ1n) is 10.1. The largest absolute Gasteiger partial charge is 0.302 e. The van der Waals surface area contributed by atoms with Gasteiger partial charge in [-0.1, -0.05) is 66.7 Å². The number of hydrogen-bond donors (Lipinski definition) is 2. The molecular weight excluding hydrogens is 342 g/mol. The van der Waals surface area contributed by atoms with Crippen LogP contribution in [0.4, 0.5) is 0 Å². The van der Waals surface area contributed by atoms with E-state index >= 15 is 0 Å². The number of rotatable bonds is 8. The van der Waals surface area contributed by atoms with Gasteiger partial charge in [0, 0.05) is 24.2 Å². The van der Waals surface area contributed by atoms with Crippen molar-refractivity contribution in [2.45, 2.75) is 51.9 Å². The first kappa shape index (κ1) is 20.2. The van der Waals surface area contributed by atoms with Crippen LogP contribution in [0.2, 0.25) is 0 Å². The van der Waals surface area contributed by atoms with Gasteiger partial charge in [-0.2, -0.15) is 0 Å². The van der Waals surface area contributed by atoms with Gasteiger partial charge in [-0.05, 0) is 51.0 Å². The zero-order valence-electron chi connectivity index (χ0n) is 17.3. The number of nitrogens with one attached hydrogen (secondary N) is 2. The van der Waals surface area contributed by atoms with Gasteiger partial charge in [0.2, 0.25) is 0 Å². The van der Waals surface area contributed by atoms with Gasteiger partial charge in [0.05, 0.1) is 11.4 Å². The molecule has 0 fully saturated rings. The highest BCUT2D eigenvalue weighted by molar-refractivity contribution is 5.22. The minimum absolute atomic E-state index is 0.175. The standard InChI is InChI=1S/C25H31N3/c1-18(22-12-7-5-8-13-22)26-20(3)24-16-11-17-25(28-24)21(4)27-19(2)23-14-9-6-10-15-23/h5-21,26-27H,1-4H3/t18-,19+,20-,21-/m1/s1. The van der Waals surface area contributed by atoms with Crippen molar-refractivity contribution >= 4 is 0 Å². The first-order valence-corrected chi connectivity index (χ1v) is 10.1. The quantitative estimate of drug-likeness (QED) is 0.516. The van der Waals surface area contributed by atoms with E-state index in [1.54, 1.807) is 0 Å². The van der Waals surface area contributed by atoms with Gasteiger partial charge in [0.15, 0.2) is 0 Å². The van der Waals surface area contributed by atoms with Crippen LogP contribution in [0.25, 0.3) is 0 Å². The summed E-state index contributed by atoms with van der Waals surface area (Å²) >= 11 is 0. The lowest BCUT2D eigenvalue weighted by Gasteiger charge is -2.23. The van der Waals surface area contributed by atoms with Gasteiger partial charge >= 0.3 is 0 Å². The fourth-order valence-corrected chi connectivity index (χ4v) is 3.55. The third-order valence-electron chi connectivity index (χ3n) is 5.28. The molecule has 3 heteroatoms. The molecule has 0 aliphatic carbocycles. The van der Waals surface area contributed by atoms with E-state index in [9.17, 15) is 0 Å². The zero-order chi connectivity index (χ0) is 19.9. The maximum atomic E-state index is 4.94. The van der Waals surface area contributed by atoms with Gasteiger partial charge < -0.3 is 10.6 Å². The molecule has 4 atom stereocenters. The van der Waals surface area contributed by atoms with E-state index in [1.807, 2.05) is 0 Å². The van der Waals surface area contributed by atoms with Gasteiger partial charge in [-0.15, -0.1) is 0 Å². The first-order chi connectivity index (χ1) is 13.5. The molecule has 28 heavy (non-hydrogen) atoms. The summed E-state index contributed by atoms with van der Waals surface area (Å²) in [5.74, 6) is 0. The van der Waals surface area contributed by atoms with E-state index in [0.717, 1.165) is 11.4 Å². The topological polar surface area (TPSA) is 37.0 Å². The van der Waals surface area contributed by atoms with E-state index in [4.69, 9.17) is 4.98 Å².